The van der Waals surface area contributed by atoms with Crippen molar-refractivity contribution >= 4 is 21.7 Å². The largest absolute Gasteiger partial charge is 0.497 e. The molecule has 1 fully saturated rings. The van der Waals surface area contributed by atoms with Crippen molar-refractivity contribution in [1.82, 2.24) is 19.7 Å². The molecule has 2 aromatic heterocycles. The molecule has 10 heteroatoms. The lowest BCUT2D eigenvalue weighted by Gasteiger charge is -2.13. The number of benzene rings is 1. The summed E-state index contributed by atoms with van der Waals surface area (Å²) in [5.74, 6) is 0.720. The van der Waals surface area contributed by atoms with Crippen molar-refractivity contribution in [2.45, 2.75) is 12.5 Å². The van der Waals surface area contributed by atoms with E-state index < -0.39 is 15.7 Å². The Kier molecular flexibility index (Phi) is 4.63. The van der Waals surface area contributed by atoms with Gasteiger partial charge in [0.15, 0.2) is 15.5 Å². The summed E-state index contributed by atoms with van der Waals surface area (Å²) in [6, 6.07) is 8.66. The molecule has 1 unspecified atom stereocenters. The van der Waals surface area contributed by atoms with Crippen LogP contribution in [0.2, 0.25) is 0 Å². The van der Waals surface area contributed by atoms with E-state index in [1.165, 1.54) is 6.20 Å². The quantitative estimate of drug-likeness (QED) is 0.674. The van der Waals surface area contributed by atoms with Crippen LogP contribution >= 0.6 is 0 Å². The molecule has 0 aliphatic carbocycles. The number of carbonyl (C=O) groups excluding carboxylic acids is 1. The van der Waals surface area contributed by atoms with Gasteiger partial charge < -0.3 is 9.72 Å². The lowest BCUT2D eigenvalue weighted by molar-refractivity contribution is 0.102. The summed E-state index contributed by atoms with van der Waals surface area (Å²) in [5, 5.41) is 7.06. The molecule has 1 aliphatic rings. The summed E-state index contributed by atoms with van der Waals surface area (Å²) in [4.78, 5) is 19.3. The molecule has 1 amide bonds. The minimum Gasteiger partial charge on any atom is -0.497 e. The number of nitrogens with one attached hydrogen (secondary N) is 2. The van der Waals surface area contributed by atoms with E-state index in [2.05, 4.69) is 20.4 Å². The molecule has 1 aliphatic heterocycles. The van der Waals surface area contributed by atoms with Gasteiger partial charge in [-0.2, -0.15) is 5.10 Å². The fourth-order valence-electron chi connectivity index (χ4n) is 3.23. The molecule has 2 N–H and O–H groups in total. The Balaban J connectivity index is 1.71. The van der Waals surface area contributed by atoms with E-state index in [1.807, 2.05) is 12.1 Å². The predicted molar refractivity (Wildman–Crippen MR) is 103 cm³/mol. The molecule has 0 bridgehead atoms. The predicted octanol–water partition coefficient (Wildman–Crippen LogP) is 1.89. The maximum atomic E-state index is 12.6. The summed E-state index contributed by atoms with van der Waals surface area (Å²) in [6.45, 7) is 0. The Morgan fingerprint density at radius 2 is 2.11 bits per heavy atom. The number of amides is 1. The summed E-state index contributed by atoms with van der Waals surface area (Å²) < 4.78 is 30.7. The van der Waals surface area contributed by atoms with Crippen molar-refractivity contribution in [3.8, 4) is 17.0 Å². The number of anilines is 1. The number of rotatable bonds is 5. The fourth-order valence-corrected chi connectivity index (χ4v) is 4.93. The van der Waals surface area contributed by atoms with Crippen LogP contribution in [0.25, 0.3) is 11.3 Å². The highest BCUT2D eigenvalue weighted by atomic mass is 32.2. The number of aromatic amines is 1. The van der Waals surface area contributed by atoms with Crippen LogP contribution in [0.4, 0.5) is 5.95 Å². The van der Waals surface area contributed by atoms with Crippen LogP contribution in [0.1, 0.15) is 23.0 Å². The van der Waals surface area contributed by atoms with Crippen LogP contribution in [0, 0.1) is 0 Å². The van der Waals surface area contributed by atoms with Gasteiger partial charge >= 0.3 is 0 Å². The van der Waals surface area contributed by atoms with Gasteiger partial charge in [-0.05, 0) is 36.8 Å². The van der Waals surface area contributed by atoms with Gasteiger partial charge in [0.25, 0.3) is 5.91 Å². The average molecular weight is 401 g/mol. The molecule has 3 heterocycles. The van der Waals surface area contributed by atoms with Gasteiger partial charge in [-0.15, -0.1) is 0 Å². The van der Waals surface area contributed by atoms with E-state index in [0.29, 0.717) is 23.8 Å². The van der Waals surface area contributed by atoms with E-state index >= 15 is 0 Å². The number of methoxy groups -OCH3 is 1. The number of hydrogen-bond acceptors (Lipinski definition) is 6. The molecule has 146 valence electrons. The summed E-state index contributed by atoms with van der Waals surface area (Å²) in [7, 11) is -1.52. The Labute approximate surface area is 161 Å². The van der Waals surface area contributed by atoms with Crippen molar-refractivity contribution in [3.63, 3.8) is 0 Å². The summed E-state index contributed by atoms with van der Waals surface area (Å²) in [6.07, 6.45) is 3.59. The molecule has 0 spiro atoms. The monoisotopic (exact) mass is 401 g/mol. The molecule has 4 rings (SSSR count). The Morgan fingerprint density at radius 1 is 1.32 bits per heavy atom. The number of imidazole rings is 1. The van der Waals surface area contributed by atoms with Crippen LogP contribution in [0.15, 0.2) is 42.7 Å². The van der Waals surface area contributed by atoms with E-state index in [4.69, 9.17) is 4.74 Å². The molecule has 0 saturated carbocycles. The minimum absolute atomic E-state index is 0.0110. The first-order chi connectivity index (χ1) is 13.4. The second-order valence-corrected chi connectivity index (χ2v) is 8.77. The zero-order valence-electron chi connectivity index (χ0n) is 15.1. The zero-order chi connectivity index (χ0) is 19.7. The third-order valence-corrected chi connectivity index (χ3v) is 6.39. The van der Waals surface area contributed by atoms with Gasteiger partial charge in [-0.1, -0.05) is 0 Å². The first kappa shape index (κ1) is 18.2. The number of aromatic nitrogens is 4. The first-order valence-corrected chi connectivity index (χ1v) is 10.5. The van der Waals surface area contributed by atoms with Crippen LogP contribution in [0.5, 0.6) is 5.75 Å². The highest BCUT2D eigenvalue weighted by Gasteiger charge is 2.32. The second-order valence-electron chi connectivity index (χ2n) is 6.54. The highest BCUT2D eigenvalue weighted by molar-refractivity contribution is 7.91. The van der Waals surface area contributed by atoms with Crippen LogP contribution < -0.4 is 10.1 Å². The second kappa shape index (κ2) is 7.12. The van der Waals surface area contributed by atoms with Crippen molar-refractivity contribution in [2.75, 3.05) is 23.9 Å². The average Bonchev–Trinajstić information content (AvgIpc) is 3.41. The third kappa shape index (κ3) is 3.63. The Bertz CT molecular complexity index is 1090. The van der Waals surface area contributed by atoms with Crippen molar-refractivity contribution in [1.29, 1.82) is 0 Å². The van der Waals surface area contributed by atoms with Gasteiger partial charge in [-0.25, -0.2) is 13.4 Å². The number of sulfone groups is 1. The van der Waals surface area contributed by atoms with E-state index in [9.17, 15) is 13.2 Å². The molecule has 1 saturated heterocycles. The normalized spacial score (nSPS) is 18.1. The van der Waals surface area contributed by atoms with Crippen LogP contribution in [-0.4, -0.2) is 52.7 Å². The maximum absolute atomic E-state index is 12.6. The maximum Gasteiger partial charge on any atom is 0.278 e. The lowest BCUT2D eigenvalue weighted by atomic mass is 10.1. The summed E-state index contributed by atoms with van der Waals surface area (Å²) in [5.41, 5.74) is 1.68. The van der Waals surface area contributed by atoms with Gasteiger partial charge in [0.2, 0.25) is 5.95 Å². The molecular formula is C18H19N5O4S. The Hall–Kier alpha value is -3.14. The lowest BCUT2D eigenvalue weighted by Crippen LogP contribution is -2.17. The fraction of sp³-hybridized carbons (Fsp3) is 0.278. The number of nitrogens with zero attached hydrogens (tertiary/aromatic N) is 3. The topological polar surface area (TPSA) is 119 Å². The van der Waals surface area contributed by atoms with Crippen molar-refractivity contribution in [3.05, 3.63) is 48.4 Å². The minimum atomic E-state index is -3.10. The molecule has 3 aromatic rings. The molecule has 9 nitrogen and oxygen atoms in total. The van der Waals surface area contributed by atoms with Gasteiger partial charge in [0.05, 0.1) is 30.4 Å². The van der Waals surface area contributed by atoms with E-state index in [0.717, 1.165) is 5.56 Å². The molecule has 0 radical (unpaired) electrons. The highest BCUT2D eigenvalue weighted by Crippen LogP contribution is 2.31. The molecule has 1 atom stereocenters. The number of H-pyrrole nitrogens is 1. The van der Waals surface area contributed by atoms with E-state index in [-0.39, 0.29) is 23.2 Å². The molecular weight excluding hydrogens is 382 g/mol. The van der Waals surface area contributed by atoms with Gasteiger partial charge in [0.1, 0.15) is 5.75 Å². The Morgan fingerprint density at radius 3 is 2.71 bits per heavy atom. The standard InChI is InChI=1S/C18H19N5O4S/c1-27-14-4-2-12(3-5-14)16-10-15(17(24)21-18-19-7-8-20-18)22-23(16)13-6-9-28(25,26)11-13/h2-5,7-8,10,13H,6,9,11H2,1H3,(H2,19,20,21,24). The smallest absolute Gasteiger partial charge is 0.278 e. The van der Waals surface area contributed by atoms with Gasteiger partial charge in [0, 0.05) is 18.0 Å². The molecule has 1 aromatic carbocycles. The molecule has 28 heavy (non-hydrogen) atoms. The van der Waals surface area contributed by atoms with Crippen LogP contribution in [0.3, 0.4) is 0 Å². The first-order valence-electron chi connectivity index (χ1n) is 8.70. The zero-order valence-corrected chi connectivity index (χ0v) is 15.9. The van der Waals surface area contributed by atoms with Crippen molar-refractivity contribution < 1.29 is 17.9 Å². The third-order valence-electron chi connectivity index (χ3n) is 4.64. The van der Waals surface area contributed by atoms with Gasteiger partial charge in [-0.3, -0.25) is 14.8 Å². The summed E-state index contributed by atoms with van der Waals surface area (Å²) >= 11 is 0. The SMILES string of the molecule is COc1ccc(-c2cc(C(=O)Nc3ncc[nH]3)nn2C2CCS(=O)(=O)C2)cc1. The number of ether oxygens (including phenoxy) is 1. The van der Waals surface area contributed by atoms with Crippen LogP contribution in [-0.2, 0) is 9.84 Å². The van der Waals surface area contributed by atoms with Crippen molar-refractivity contribution in [2.24, 2.45) is 0 Å². The van der Waals surface area contributed by atoms with E-state index in [1.54, 1.807) is 36.2 Å². The number of hydrogen-bond donors (Lipinski definition) is 2. The number of carbonyl (C=O) groups is 1.